The van der Waals surface area contributed by atoms with Gasteiger partial charge in [-0.25, -0.2) is 4.39 Å². The minimum Gasteiger partial charge on any atom is -0.338 e. The standard InChI is InChI=1S/C18H20FN5O2S/c1-18(2,3)13-9-15(26-23-13)20-14(25)10-27-17-22-21-16(24(17)4)11-5-7-12(19)8-6-11/h5-9H,10H2,1-4H3,(H,20,25). The van der Waals surface area contributed by atoms with Crippen molar-refractivity contribution in [2.24, 2.45) is 7.05 Å². The summed E-state index contributed by atoms with van der Waals surface area (Å²) in [5.74, 6) is 0.511. The maximum absolute atomic E-state index is 13.1. The fraction of sp³-hybridized carbons (Fsp3) is 0.333. The van der Waals surface area contributed by atoms with Crippen LogP contribution >= 0.6 is 11.8 Å². The minimum absolute atomic E-state index is 0.140. The lowest BCUT2D eigenvalue weighted by Crippen LogP contribution is -2.14. The van der Waals surface area contributed by atoms with Gasteiger partial charge in [0.2, 0.25) is 11.8 Å². The molecule has 1 aromatic carbocycles. The first-order valence-corrected chi connectivity index (χ1v) is 9.28. The number of hydrogen-bond donors (Lipinski definition) is 1. The van der Waals surface area contributed by atoms with Gasteiger partial charge in [-0.3, -0.25) is 10.1 Å². The van der Waals surface area contributed by atoms with Gasteiger partial charge in [0.15, 0.2) is 11.0 Å². The molecule has 0 bridgehead atoms. The molecule has 0 unspecified atom stereocenters. The van der Waals surface area contributed by atoms with E-state index in [1.54, 1.807) is 29.8 Å². The average Bonchev–Trinajstić information content (AvgIpc) is 3.21. The van der Waals surface area contributed by atoms with Gasteiger partial charge in [0.1, 0.15) is 5.82 Å². The summed E-state index contributed by atoms with van der Waals surface area (Å²) in [6, 6.07) is 7.73. The molecule has 0 saturated carbocycles. The zero-order valence-electron chi connectivity index (χ0n) is 15.5. The van der Waals surface area contributed by atoms with E-state index in [4.69, 9.17) is 4.52 Å². The molecule has 2 aromatic heterocycles. The lowest BCUT2D eigenvalue weighted by Gasteiger charge is -2.12. The number of anilines is 1. The van der Waals surface area contributed by atoms with Crippen LogP contribution in [0.25, 0.3) is 11.4 Å². The Balaban J connectivity index is 1.61. The lowest BCUT2D eigenvalue weighted by atomic mass is 9.92. The van der Waals surface area contributed by atoms with Crippen molar-refractivity contribution in [1.29, 1.82) is 0 Å². The van der Waals surface area contributed by atoms with Crippen molar-refractivity contribution >= 4 is 23.6 Å². The van der Waals surface area contributed by atoms with Crippen molar-refractivity contribution in [2.75, 3.05) is 11.1 Å². The molecule has 142 valence electrons. The fourth-order valence-electron chi connectivity index (χ4n) is 2.28. The maximum Gasteiger partial charge on any atom is 0.237 e. The Morgan fingerprint density at radius 2 is 1.96 bits per heavy atom. The molecule has 1 N–H and O–H groups in total. The highest BCUT2D eigenvalue weighted by molar-refractivity contribution is 7.99. The van der Waals surface area contributed by atoms with Crippen LogP contribution in [-0.4, -0.2) is 31.6 Å². The molecular formula is C18H20FN5O2S. The second-order valence-electron chi connectivity index (χ2n) is 7.04. The predicted octanol–water partition coefficient (Wildman–Crippen LogP) is 3.64. The van der Waals surface area contributed by atoms with Gasteiger partial charge in [0.05, 0.1) is 11.4 Å². The predicted molar refractivity (Wildman–Crippen MR) is 101 cm³/mol. The molecule has 2 heterocycles. The van der Waals surface area contributed by atoms with E-state index in [0.29, 0.717) is 16.9 Å². The number of benzene rings is 1. The third kappa shape index (κ3) is 4.54. The molecular weight excluding hydrogens is 369 g/mol. The van der Waals surface area contributed by atoms with Crippen LogP contribution in [0.15, 0.2) is 40.0 Å². The van der Waals surface area contributed by atoms with Crippen LogP contribution in [0.2, 0.25) is 0 Å². The molecule has 9 heteroatoms. The average molecular weight is 389 g/mol. The van der Waals surface area contributed by atoms with Gasteiger partial charge < -0.3 is 9.09 Å². The molecule has 1 amide bonds. The molecule has 0 aliphatic rings. The lowest BCUT2D eigenvalue weighted by molar-refractivity contribution is -0.113. The fourth-order valence-corrected chi connectivity index (χ4v) is 2.99. The number of halogens is 1. The molecule has 0 aliphatic carbocycles. The van der Waals surface area contributed by atoms with Crippen molar-refractivity contribution in [2.45, 2.75) is 31.3 Å². The summed E-state index contributed by atoms with van der Waals surface area (Å²) in [6.07, 6.45) is 0. The first-order valence-electron chi connectivity index (χ1n) is 8.29. The molecule has 3 aromatic rings. The van der Waals surface area contributed by atoms with Crippen LogP contribution in [0.3, 0.4) is 0 Å². The number of carbonyl (C=O) groups is 1. The largest absolute Gasteiger partial charge is 0.338 e. The number of rotatable bonds is 5. The number of carbonyl (C=O) groups excluding carboxylic acids is 1. The molecule has 0 saturated heterocycles. The molecule has 7 nitrogen and oxygen atoms in total. The number of aromatic nitrogens is 4. The highest BCUT2D eigenvalue weighted by Gasteiger charge is 2.20. The molecule has 0 radical (unpaired) electrons. The van der Waals surface area contributed by atoms with Crippen molar-refractivity contribution in [1.82, 2.24) is 19.9 Å². The number of thioether (sulfide) groups is 1. The second-order valence-corrected chi connectivity index (χ2v) is 7.98. The van der Waals surface area contributed by atoms with Gasteiger partial charge in [0, 0.05) is 24.1 Å². The van der Waals surface area contributed by atoms with Crippen LogP contribution in [0, 0.1) is 5.82 Å². The van der Waals surface area contributed by atoms with Crippen molar-refractivity contribution in [3.8, 4) is 11.4 Å². The Labute approximate surface area is 160 Å². The van der Waals surface area contributed by atoms with Crippen molar-refractivity contribution in [3.05, 3.63) is 41.8 Å². The molecule has 3 rings (SSSR count). The molecule has 0 spiro atoms. The second kappa shape index (κ2) is 7.51. The SMILES string of the molecule is Cn1c(SCC(=O)Nc2cc(C(C)(C)C)no2)nnc1-c1ccc(F)cc1. The van der Waals surface area contributed by atoms with Gasteiger partial charge in [-0.05, 0) is 24.3 Å². The summed E-state index contributed by atoms with van der Waals surface area (Å²) in [6.45, 7) is 6.04. The number of nitrogens with zero attached hydrogens (tertiary/aromatic N) is 4. The number of nitrogens with one attached hydrogen (secondary N) is 1. The normalized spacial score (nSPS) is 11.6. The third-order valence-corrected chi connectivity index (χ3v) is 4.83. The Kier molecular flexibility index (Phi) is 5.31. The number of hydrogen-bond acceptors (Lipinski definition) is 6. The highest BCUT2D eigenvalue weighted by Crippen LogP contribution is 2.25. The van der Waals surface area contributed by atoms with Gasteiger partial charge in [-0.15, -0.1) is 10.2 Å². The van der Waals surface area contributed by atoms with Gasteiger partial charge in [0.25, 0.3) is 0 Å². The van der Waals surface area contributed by atoms with E-state index >= 15 is 0 Å². The summed E-state index contributed by atoms with van der Waals surface area (Å²) in [7, 11) is 1.80. The van der Waals surface area contributed by atoms with Crippen molar-refractivity contribution < 1.29 is 13.7 Å². The van der Waals surface area contributed by atoms with Crippen molar-refractivity contribution in [3.63, 3.8) is 0 Å². The quantitative estimate of drug-likeness (QED) is 0.671. The van der Waals surface area contributed by atoms with E-state index in [-0.39, 0.29) is 22.9 Å². The van der Waals surface area contributed by atoms with E-state index in [1.807, 2.05) is 20.8 Å². The van der Waals surface area contributed by atoms with E-state index in [1.165, 1.54) is 23.9 Å². The van der Waals surface area contributed by atoms with E-state index in [9.17, 15) is 9.18 Å². The van der Waals surface area contributed by atoms with Gasteiger partial charge in [-0.2, -0.15) is 0 Å². The monoisotopic (exact) mass is 389 g/mol. The Hall–Kier alpha value is -2.68. The molecule has 0 aliphatic heterocycles. The van der Waals surface area contributed by atoms with Crippen LogP contribution in [-0.2, 0) is 17.3 Å². The van der Waals surface area contributed by atoms with Crippen LogP contribution in [0.4, 0.5) is 10.3 Å². The third-order valence-electron chi connectivity index (χ3n) is 3.81. The summed E-state index contributed by atoms with van der Waals surface area (Å²) >= 11 is 1.25. The zero-order valence-corrected chi connectivity index (χ0v) is 16.3. The Morgan fingerprint density at radius 1 is 1.26 bits per heavy atom. The van der Waals surface area contributed by atoms with Gasteiger partial charge in [-0.1, -0.05) is 37.7 Å². The van der Waals surface area contributed by atoms with E-state index < -0.39 is 0 Å². The van der Waals surface area contributed by atoms with Crippen LogP contribution in [0.1, 0.15) is 26.5 Å². The summed E-state index contributed by atoms with van der Waals surface area (Å²) in [5.41, 5.74) is 1.36. The maximum atomic E-state index is 13.1. The summed E-state index contributed by atoms with van der Waals surface area (Å²) < 4.78 is 20.0. The summed E-state index contributed by atoms with van der Waals surface area (Å²) in [5, 5.41) is 15.4. The smallest absolute Gasteiger partial charge is 0.237 e. The Bertz CT molecular complexity index is 944. The molecule has 0 fully saturated rings. The van der Waals surface area contributed by atoms with E-state index in [0.717, 1.165) is 11.3 Å². The zero-order chi connectivity index (χ0) is 19.6. The van der Waals surface area contributed by atoms with E-state index in [2.05, 4.69) is 20.7 Å². The van der Waals surface area contributed by atoms with Crippen LogP contribution < -0.4 is 5.32 Å². The van der Waals surface area contributed by atoms with Gasteiger partial charge >= 0.3 is 0 Å². The summed E-state index contributed by atoms with van der Waals surface area (Å²) in [4.78, 5) is 12.2. The Morgan fingerprint density at radius 3 is 2.59 bits per heavy atom. The first kappa shape index (κ1) is 19.1. The topological polar surface area (TPSA) is 85.8 Å². The highest BCUT2D eigenvalue weighted by atomic mass is 32.2. The molecule has 27 heavy (non-hydrogen) atoms. The molecule has 0 atom stereocenters. The minimum atomic E-state index is -0.311. The van der Waals surface area contributed by atoms with Crippen LogP contribution in [0.5, 0.6) is 0 Å². The number of amides is 1. The first-order chi connectivity index (χ1) is 12.7.